The van der Waals surface area contributed by atoms with E-state index in [1.165, 1.54) is 19.2 Å². The number of hydrogen-bond acceptors (Lipinski definition) is 3. The number of aliphatic hydroxyl groups excluding tert-OH is 1. The second kappa shape index (κ2) is 5.74. The molecule has 0 saturated heterocycles. The Morgan fingerprint density at radius 1 is 1.29 bits per heavy atom. The first-order chi connectivity index (χ1) is 10.2. The van der Waals surface area contributed by atoms with Crippen LogP contribution in [0.2, 0.25) is 0 Å². The van der Waals surface area contributed by atoms with Crippen LogP contribution in [-0.2, 0) is 6.42 Å². The van der Waals surface area contributed by atoms with Gasteiger partial charge in [0.05, 0.1) is 13.7 Å². The van der Waals surface area contributed by atoms with E-state index in [2.05, 4.69) is 0 Å². The minimum atomic E-state index is -0.918. The van der Waals surface area contributed by atoms with E-state index in [4.69, 9.17) is 9.47 Å². The average Bonchev–Trinajstić information content (AvgIpc) is 2.53. The van der Waals surface area contributed by atoms with Gasteiger partial charge >= 0.3 is 0 Å². The van der Waals surface area contributed by atoms with E-state index in [1.807, 2.05) is 18.2 Å². The molecule has 1 N–H and O–H groups in total. The summed E-state index contributed by atoms with van der Waals surface area (Å²) in [6.45, 7) is 0.647. The Bertz CT molecular complexity index is 654. The zero-order valence-corrected chi connectivity index (χ0v) is 11.8. The fraction of sp³-hybridized carbons (Fsp3) is 0.294. The SMILES string of the molecule is COc1ccc(C(O)c2cccc3c2OCCC3)cc1F. The van der Waals surface area contributed by atoms with Gasteiger partial charge in [-0.15, -0.1) is 0 Å². The summed E-state index contributed by atoms with van der Waals surface area (Å²) < 4.78 is 24.4. The summed E-state index contributed by atoms with van der Waals surface area (Å²) in [4.78, 5) is 0. The molecule has 1 aliphatic rings. The van der Waals surface area contributed by atoms with Crippen molar-refractivity contribution in [3.05, 3.63) is 58.9 Å². The third kappa shape index (κ3) is 2.59. The number of halogens is 1. The molecule has 2 aromatic rings. The number of aliphatic hydroxyl groups is 1. The van der Waals surface area contributed by atoms with Crippen molar-refractivity contribution >= 4 is 0 Å². The number of hydrogen-bond donors (Lipinski definition) is 1. The normalized spacial score (nSPS) is 15.0. The molecular weight excluding hydrogens is 271 g/mol. The van der Waals surface area contributed by atoms with Crippen LogP contribution in [0.5, 0.6) is 11.5 Å². The number of benzene rings is 2. The molecule has 3 nitrogen and oxygen atoms in total. The van der Waals surface area contributed by atoms with Crippen LogP contribution in [0.4, 0.5) is 4.39 Å². The maximum absolute atomic E-state index is 13.8. The fourth-order valence-corrected chi connectivity index (χ4v) is 2.66. The second-order valence-electron chi connectivity index (χ2n) is 5.08. The Kier molecular flexibility index (Phi) is 3.80. The lowest BCUT2D eigenvalue weighted by Crippen LogP contribution is -2.12. The molecule has 1 unspecified atom stereocenters. The van der Waals surface area contributed by atoms with E-state index >= 15 is 0 Å². The second-order valence-corrected chi connectivity index (χ2v) is 5.08. The number of para-hydroxylation sites is 1. The topological polar surface area (TPSA) is 38.7 Å². The molecule has 1 atom stereocenters. The van der Waals surface area contributed by atoms with E-state index in [9.17, 15) is 9.50 Å². The van der Waals surface area contributed by atoms with Gasteiger partial charge in [0.25, 0.3) is 0 Å². The van der Waals surface area contributed by atoms with E-state index in [0.717, 1.165) is 24.2 Å². The summed E-state index contributed by atoms with van der Waals surface area (Å²) in [5, 5.41) is 10.5. The van der Waals surface area contributed by atoms with Gasteiger partial charge in [-0.2, -0.15) is 0 Å². The molecule has 1 heterocycles. The Morgan fingerprint density at radius 3 is 2.90 bits per heavy atom. The Labute approximate surface area is 122 Å². The van der Waals surface area contributed by atoms with Crippen molar-refractivity contribution < 1.29 is 19.0 Å². The lowest BCUT2D eigenvalue weighted by atomic mass is 9.95. The van der Waals surface area contributed by atoms with Crippen LogP contribution in [0.1, 0.15) is 29.2 Å². The molecule has 21 heavy (non-hydrogen) atoms. The first-order valence-corrected chi connectivity index (χ1v) is 6.97. The largest absolute Gasteiger partial charge is 0.494 e. The predicted molar refractivity (Wildman–Crippen MR) is 77.3 cm³/mol. The van der Waals surface area contributed by atoms with Gasteiger partial charge in [0.1, 0.15) is 11.9 Å². The molecule has 0 aliphatic carbocycles. The molecule has 0 bridgehead atoms. The van der Waals surface area contributed by atoms with Gasteiger partial charge in [0.15, 0.2) is 11.6 Å². The maximum atomic E-state index is 13.8. The zero-order chi connectivity index (χ0) is 14.8. The number of ether oxygens (including phenoxy) is 2. The molecule has 110 valence electrons. The molecule has 0 spiro atoms. The van der Waals surface area contributed by atoms with Gasteiger partial charge < -0.3 is 14.6 Å². The fourth-order valence-electron chi connectivity index (χ4n) is 2.66. The minimum absolute atomic E-state index is 0.164. The Hall–Kier alpha value is -2.07. The Balaban J connectivity index is 1.99. The highest BCUT2D eigenvalue weighted by molar-refractivity contribution is 5.47. The van der Waals surface area contributed by atoms with Crippen molar-refractivity contribution in [2.45, 2.75) is 18.9 Å². The van der Waals surface area contributed by atoms with E-state index in [0.29, 0.717) is 17.7 Å². The number of rotatable bonds is 3. The van der Waals surface area contributed by atoms with Crippen LogP contribution in [0.3, 0.4) is 0 Å². The monoisotopic (exact) mass is 288 g/mol. The number of methoxy groups -OCH3 is 1. The minimum Gasteiger partial charge on any atom is -0.494 e. The quantitative estimate of drug-likeness (QED) is 0.942. The van der Waals surface area contributed by atoms with Gasteiger partial charge in [0, 0.05) is 5.56 Å². The predicted octanol–water partition coefficient (Wildman–Crippen LogP) is 3.24. The van der Waals surface area contributed by atoms with E-state index in [1.54, 1.807) is 6.07 Å². The Morgan fingerprint density at radius 2 is 2.14 bits per heavy atom. The zero-order valence-electron chi connectivity index (χ0n) is 11.8. The van der Waals surface area contributed by atoms with Gasteiger partial charge in [-0.3, -0.25) is 0 Å². The molecule has 3 rings (SSSR count). The molecule has 0 fully saturated rings. The van der Waals surface area contributed by atoms with Crippen LogP contribution in [0.15, 0.2) is 36.4 Å². The maximum Gasteiger partial charge on any atom is 0.165 e. The van der Waals surface area contributed by atoms with Crippen molar-refractivity contribution in [1.29, 1.82) is 0 Å². The molecule has 0 saturated carbocycles. The lowest BCUT2D eigenvalue weighted by Gasteiger charge is -2.23. The molecule has 0 aromatic heterocycles. The number of aryl methyl sites for hydroxylation is 1. The summed E-state index contributed by atoms with van der Waals surface area (Å²) in [7, 11) is 1.41. The van der Waals surface area contributed by atoms with Crippen molar-refractivity contribution in [3.8, 4) is 11.5 Å². The van der Waals surface area contributed by atoms with Crippen LogP contribution < -0.4 is 9.47 Å². The standard InChI is InChI=1S/C17H17FO3/c1-20-15-8-7-12(10-14(15)18)16(19)13-6-2-4-11-5-3-9-21-17(11)13/h2,4,6-8,10,16,19H,3,5,9H2,1H3. The highest BCUT2D eigenvalue weighted by atomic mass is 19.1. The van der Waals surface area contributed by atoms with E-state index < -0.39 is 11.9 Å². The third-order valence-corrected chi connectivity index (χ3v) is 3.75. The summed E-state index contributed by atoms with van der Waals surface area (Å²) in [6.07, 6.45) is 0.995. The highest BCUT2D eigenvalue weighted by Crippen LogP contribution is 2.36. The van der Waals surface area contributed by atoms with Crippen molar-refractivity contribution in [2.75, 3.05) is 13.7 Å². The summed E-state index contributed by atoms with van der Waals surface area (Å²) in [6, 6.07) is 10.2. The smallest absolute Gasteiger partial charge is 0.165 e. The molecule has 1 aliphatic heterocycles. The first-order valence-electron chi connectivity index (χ1n) is 6.97. The van der Waals surface area contributed by atoms with E-state index in [-0.39, 0.29) is 5.75 Å². The molecule has 4 heteroatoms. The summed E-state index contributed by atoms with van der Waals surface area (Å²) in [5.41, 5.74) is 2.25. The molecule has 2 aromatic carbocycles. The van der Waals surface area contributed by atoms with Crippen molar-refractivity contribution in [2.24, 2.45) is 0 Å². The van der Waals surface area contributed by atoms with Crippen LogP contribution in [0, 0.1) is 5.82 Å². The van der Waals surface area contributed by atoms with Crippen molar-refractivity contribution in [3.63, 3.8) is 0 Å². The van der Waals surface area contributed by atoms with Gasteiger partial charge in [0.2, 0.25) is 0 Å². The molecular formula is C17H17FO3. The van der Waals surface area contributed by atoms with Gasteiger partial charge in [-0.25, -0.2) is 4.39 Å². The van der Waals surface area contributed by atoms with Gasteiger partial charge in [-0.05, 0) is 36.1 Å². The molecule has 0 radical (unpaired) electrons. The third-order valence-electron chi connectivity index (χ3n) is 3.75. The highest BCUT2D eigenvalue weighted by Gasteiger charge is 2.21. The van der Waals surface area contributed by atoms with Crippen LogP contribution in [-0.4, -0.2) is 18.8 Å². The first kappa shape index (κ1) is 13.9. The number of fused-ring (bicyclic) bond motifs is 1. The van der Waals surface area contributed by atoms with Crippen LogP contribution >= 0.6 is 0 Å². The van der Waals surface area contributed by atoms with Crippen LogP contribution in [0.25, 0.3) is 0 Å². The summed E-state index contributed by atoms with van der Waals surface area (Å²) >= 11 is 0. The lowest BCUT2D eigenvalue weighted by molar-refractivity contribution is 0.206. The molecule has 0 amide bonds. The average molecular weight is 288 g/mol. The summed E-state index contributed by atoms with van der Waals surface area (Å²) in [5.74, 6) is 0.407. The van der Waals surface area contributed by atoms with Gasteiger partial charge in [-0.1, -0.05) is 24.3 Å². The van der Waals surface area contributed by atoms with Crippen molar-refractivity contribution in [1.82, 2.24) is 0 Å².